The van der Waals surface area contributed by atoms with Gasteiger partial charge in [-0.15, -0.1) is 0 Å². The molecule has 0 saturated heterocycles. The number of aromatic nitrogens is 4. The first-order valence-corrected chi connectivity index (χ1v) is 5.65. The van der Waals surface area contributed by atoms with Gasteiger partial charge >= 0.3 is 0 Å². The van der Waals surface area contributed by atoms with Crippen molar-refractivity contribution in [1.29, 1.82) is 5.41 Å². The fourth-order valence-electron chi connectivity index (χ4n) is 1.37. The minimum Gasteiger partial charge on any atom is -0.297 e. The first kappa shape index (κ1) is 12.7. The molecule has 0 aliphatic rings. The van der Waals surface area contributed by atoms with Crippen LogP contribution in [-0.2, 0) is 0 Å². The van der Waals surface area contributed by atoms with Crippen molar-refractivity contribution in [3.63, 3.8) is 0 Å². The van der Waals surface area contributed by atoms with Crippen LogP contribution in [0.2, 0.25) is 0 Å². The molecule has 0 saturated carbocycles. The molecule has 2 rings (SSSR count). The summed E-state index contributed by atoms with van der Waals surface area (Å²) in [5, 5.41) is 7.96. The highest BCUT2D eigenvalue weighted by molar-refractivity contribution is 6.07. The van der Waals surface area contributed by atoms with Gasteiger partial charge in [0.2, 0.25) is 0 Å². The van der Waals surface area contributed by atoms with Crippen LogP contribution in [0.4, 0.5) is 0 Å². The molecule has 0 fully saturated rings. The Morgan fingerprint density at radius 3 is 2.05 bits per heavy atom. The van der Waals surface area contributed by atoms with E-state index in [4.69, 9.17) is 5.41 Å². The van der Waals surface area contributed by atoms with E-state index in [1.807, 2.05) is 0 Å². The second-order valence-corrected chi connectivity index (χ2v) is 3.48. The van der Waals surface area contributed by atoms with Crippen LogP contribution in [0.25, 0.3) is 5.70 Å². The number of nitrogens with zero attached hydrogens (tertiary/aromatic N) is 5. The zero-order valence-corrected chi connectivity index (χ0v) is 10.4. The van der Waals surface area contributed by atoms with Gasteiger partial charge in [-0.1, -0.05) is 0 Å². The SMILES string of the molecule is CC=N/C(=C\C(=N)c1ncccn1)c1ncccn1. The van der Waals surface area contributed by atoms with Gasteiger partial charge in [0, 0.05) is 31.0 Å². The monoisotopic (exact) mass is 252 g/mol. The minimum atomic E-state index is 0.161. The molecule has 0 aliphatic carbocycles. The Kier molecular flexibility index (Phi) is 4.17. The van der Waals surface area contributed by atoms with Gasteiger partial charge in [-0.3, -0.25) is 10.4 Å². The molecule has 6 heteroatoms. The van der Waals surface area contributed by atoms with Crippen LogP contribution in [-0.4, -0.2) is 31.9 Å². The van der Waals surface area contributed by atoms with Crippen LogP contribution in [0.3, 0.4) is 0 Å². The van der Waals surface area contributed by atoms with Gasteiger partial charge in [0.1, 0.15) is 11.4 Å². The lowest BCUT2D eigenvalue weighted by Crippen LogP contribution is -2.03. The number of rotatable bonds is 4. The summed E-state index contributed by atoms with van der Waals surface area (Å²) in [7, 11) is 0. The summed E-state index contributed by atoms with van der Waals surface area (Å²) in [6.45, 7) is 1.79. The molecular weight excluding hydrogens is 240 g/mol. The van der Waals surface area contributed by atoms with Gasteiger partial charge in [0.05, 0.1) is 0 Å². The Morgan fingerprint density at radius 1 is 1.00 bits per heavy atom. The Labute approximate surface area is 110 Å². The van der Waals surface area contributed by atoms with E-state index in [0.717, 1.165) is 0 Å². The van der Waals surface area contributed by atoms with Crippen molar-refractivity contribution < 1.29 is 0 Å². The van der Waals surface area contributed by atoms with Crippen LogP contribution in [0.5, 0.6) is 0 Å². The van der Waals surface area contributed by atoms with Crippen LogP contribution in [0.1, 0.15) is 18.6 Å². The first-order valence-electron chi connectivity index (χ1n) is 5.65. The van der Waals surface area contributed by atoms with Crippen molar-refractivity contribution in [3.05, 3.63) is 54.6 Å². The third-order valence-electron chi connectivity index (χ3n) is 2.15. The summed E-state index contributed by atoms with van der Waals surface area (Å²) in [6, 6.07) is 3.42. The third-order valence-corrected chi connectivity index (χ3v) is 2.15. The van der Waals surface area contributed by atoms with Crippen molar-refractivity contribution >= 4 is 17.6 Å². The minimum absolute atomic E-state index is 0.161. The van der Waals surface area contributed by atoms with E-state index >= 15 is 0 Å². The van der Waals surface area contributed by atoms with Crippen molar-refractivity contribution in [2.24, 2.45) is 4.99 Å². The number of allylic oxidation sites excluding steroid dienone is 1. The lowest BCUT2D eigenvalue weighted by atomic mass is 10.2. The fourth-order valence-corrected chi connectivity index (χ4v) is 1.37. The third kappa shape index (κ3) is 3.35. The van der Waals surface area contributed by atoms with Gasteiger partial charge in [-0.05, 0) is 25.1 Å². The average Bonchev–Trinajstić information content (AvgIpc) is 2.48. The predicted molar refractivity (Wildman–Crippen MR) is 73.0 cm³/mol. The molecule has 2 aromatic rings. The standard InChI is InChI=1S/C13H12N6/c1-2-15-11(13-18-7-4-8-19-13)9-10(14)12-16-5-3-6-17-12/h2-9,14H,1H3/b11-9-,14-10?,15-2?. The van der Waals surface area contributed by atoms with E-state index in [9.17, 15) is 0 Å². The molecule has 94 valence electrons. The zero-order valence-electron chi connectivity index (χ0n) is 10.4. The zero-order chi connectivity index (χ0) is 13.5. The molecule has 2 heterocycles. The second-order valence-electron chi connectivity index (χ2n) is 3.48. The first-order chi connectivity index (χ1) is 9.31. The van der Waals surface area contributed by atoms with Gasteiger partial charge in [-0.25, -0.2) is 19.9 Å². The maximum atomic E-state index is 7.96. The Balaban J connectivity index is 2.35. The largest absolute Gasteiger partial charge is 0.297 e. The van der Waals surface area contributed by atoms with Gasteiger partial charge in [-0.2, -0.15) is 0 Å². The molecule has 0 unspecified atom stereocenters. The number of hydrogen-bond donors (Lipinski definition) is 1. The summed E-state index contributed by atoms with van der Waals surface area (Å²) in [6.07, 6.45) is 9.61. The van der Waals surface area contributed by atoms with Gasteiger partial charge < -0.3 is 0 Å². The smallest absolute Gasteiger partial charge is 0.178 e. The average molecular weight is 252 g/mol. The summed E-state index contributed by atoms with van der Waals surface area (Å²) in [4.78, 5) is 20.4. The van der Waals surface area contributed by atoms with Crippen molar-refractivity contribution in [2.75, 3.05) is 0 Å². The molecular formula is C13H12N6. The van der Waals surface area contributed by atoms with Crippen molar-refractivity contribution in [2.45, 2.75) is 6.92 Å². The Hall–Kier alpha value is -2.76. The molecule has 6 nitrogen and oxygen atoms in total. The summed E-state index contributed by atoms with van der Waals surface area (Å²) in [5.74, 6) is 0.795. The quantitative estimate of drug-likeness (QED) is 0.840. The maximum Gasteiger partial charge on any atom is 0.178 e. The van der Waals surface area contributed by atoms with Crippen LogP contribution in [0, 0.1) is 5.41 Å². The Bertz CT molecular complexity index is 604. The van der Waals surface area contributed by atoms with E-state index < -0.39 is 0 Å². The Morgan fingerprint density at radius 2 is 1.53 bits per heavy atom. The highest BCUT2D eigenvalue weighted by Gasteiger charge is 2.06. The van der Waals surface area contributed by atoms with Gasteiger partial charge in [0.25, 0.3) is 0 Å². The second kappa shape index (κ2) is 6.25. The summed E-state index contributed by atoms with van der Waals surface area (Å²) >= 11 is 0. The van der Waals surface area contributed by atoms with Crippen LogP contribution < -0.4 is 0 Å². The molecule has 0 aliphatic heterocycles. The van der Waals surface area contributed by atoms with E-state index in [-0.39, 0.29) is 5.71 Å². The molecule has 0 bridgehead atoms. The number of nitrogens with one attached hydrogen (secondary N) is 1. The highest BCUT2D eigenvalue weighted by atomic mass is 14.9. The predicted octanol–water partition coefficient (Wildman–Crippen LogP) is 1.77. The molecule has 0 amide bonds. The fraction of sp³-hybridized carbons (Fsp3) is 0.0769. The van der Waals surface area contributed by atoms with E-state index in [2.05, 4.69) is 24.9 Å². The molecule has 0 aromatic carbocycles. The van der Waals surface area contributed by atoms with Crippen molar-refractivity contribution in [3.8, 4) is 0 Å². The number of aliphatic imine (C=N–C) groups is 1. The molecule has 0 spiro atoms. The maximum absolute atomic E-state index is 7.96. The van der Waals surface area contributed by atoms with E-state index in [0.29, 0.717) is 17.3 Å². The molecule has 1 N–H and O–H groups in total. The summed E-state index contributed by atoms with van der Waals surface area (Å²) in [5.41, 5.74) is 0.661. The molecule has 19 heavy (non-hydrogen) atoms. The topological polar surface area (TPSA) is 87.8 Å². The molecule has 0 atom stereocenters. The lowest BCUT2D eigenvalue weighted by Gasteiger charge is -2.00. The van der Waals surface area contributed by atoms with E-state index in [1.54, 1.807) is 56.1 Å². The highest BCUT2D eigenvalue weighted by Crippen LogP contribution is 2.10. The lowest BCUT2D eigenvalue weighted by molar-refractivity contribution is 1.10. The van der Waals surface area contributed by atoms with Crippen LogP contribution in [0.15, 0.2) is 48.0 Å². The number of hydrogen-bond acceptors (Lipinski definition) is 6. The van der Waals surface area contributed by atoms with Gasteiger partial charge in [0.15, 0.2) is 11.6 Å². The normalized spacial score (nSPS) is 11.7. The van der Waals surface area contributed by atoms with Crippen LogP contribution >= 0.6 is 0 Å². The van der Waals surface area contributed by atoms with Crippen molar-refractivity contribution in [1.82, 2.24) is 19.9 Å². The summed E-state index contributed by atoms with van der Waals surface area (Å²) < 4.78 is 0. The molecule has 0 radical (unpaired) electrons. The molecule has 2 aromatic heterocycles. The van der Waals surface area contributed by atoms with E-state index in [1.165, 1.54) is 0 Å².